The lowest BCUT2D eigenvalue weighted by molar-refractivity contribution is -0.142. The Bertz CT molecular complexity index is 356. The van der Waals surface area contributed by atoms with Crippen LogP contribution in [0.5, 0.6) is 0 Å². The number of nitrogens with zero attached hydrogens (tertiary/aromatic N) is 1. The fourth-order valence-corrected chi connectivity index (χ4v) is 3.90. The lowest BCUT2D eigenvalue weighted by Gasteiger charge is -2.36. The Balaban J connectivity index is 1.92. The molecule has 0 aromatic carbocycles. The second kappa shape index (κ2) is 7.58. The van der Waals surface area contributed by atoms with Gasteiger partial charge in [0.1, 0.15) is 0 Å². The van der Waals surface area contributed by atoms with Crippen molar-refractivity contribution >= 4 is 13.1 Å². The van der Waals surface area contributed by atoms with Gasteiger partial charge in [-0.3, -0.25) is 9.69 Å². The molecule has 4 atom stereocenters. The van der Waals surface area contributed by atoms with Crippen molar-refractivity contribution in [1.29, 1.82) is 0 Å². The van der Waals surface area contributed by atoms with Crippen LogP contribution in [0.4, 0.5) is 0 Å². The molecule has 1 aliphatic heterocycles. The summed E-state index contributed by atoms with van der Waals surface area (Å²) in [6.07, 6.45) is 6.13. The van der Waals surface area contributed by atoms with Gasteiger partial charge in [0.2, 0.25) is 0 Å². The van der Waals surface area contributed by atoms with Gasteiger partial charge in [0.15, 0.2) is 0 Å². The van der Waals surface area contributed by atoms with Gasteiger partial charge in [-0.05, 0) is 31.5 Å². The predicted octanol–water partition coefficient (Wildman–Crippen LogP) is 0.142. The maximum Gasteiger partial charge on any atom is 0.451 e. The van der Waals surface area contributed by atoms with E-state index in [2.05, 4.69) is 4.90 Å². The monoisotopic (exact) mass is 298 g/mol. The first-order valence-electron chi connectivity index (χ1n) is 8.07. The maximum atomic E-state index is 11.5. The SMILES string of the molecule is NC1CCCCC1N1C[C@H](CCCB(O)O)[C@H](C(=O)O)C1. The van der Waals surface area contributed by atoms with E-state index in [0.29, 0.717) is 25.3 Å². The molecule has 0 radical (unpaired) electrons. The van der Waals surface area contributed by atoms with Gasteiger partial charge in [0.05, 0.1) is 5.92 Å². The largest absolute Gasteiger partial charge is 0.481 e. The summed E-state index contributed by atoms with van der Waals surface area (Å²) in [6, 6.07) is 0.472. The number of rotatable bonds is 6. The summed E-state index contributed by atoms with van der Waals surface area (Å²) < 4.78 is 0. The minimum atomic E-state index is -1.29. The number of carbonyl (C=O) groups is 1. The van der Waals surface area contributed by atoms with E-state index in [-0.39, 0.29) is 17.9 Å². The Kier molecular flexibility index (Phi) is 6.04. The molecule has 0 bridgehead atoms. The molecule has 5 N–H and O–H groups in total. The average Bonchev–Trinajstić information content (AvgIpc) is 2.83. The van der Waals surface area contributed by atoms with Gasteiger partial charge in [-0.1, -0.05) is 19.3 Å². The van der Waals surface area contributed by atoms with Crippen LogP contribution in [0.3, 0.4) is 0 Å². The van der Waals surface area contributed by atoms with E-state index in [1.54, 1.807) is 0 Å². The average molecular weight is 298 g/mol. The molecular weight excluding hydrogens is 271 g/mol. The summed E-state index contributed by atoms with van der Waals surface area (Å²) in [6.45, 7) is 1.36. The van der Waals surface area contributed by atoms with E-state index in [0.717, 1.165) is 25.8 Å². The van der Waals surface area contributed by atoms with Crippen LogP contribution in [-0.2, 0) is 4.79 Å². The number of hydrogen-bond acceptors (Lipinski definition) is 5. The van der Waals surface area contributed by atoms with Crippen molar-refractivity contribution in [3.05, 3.63) is 0 Å². The molecule has 1 saturated heterocycles. The van der Waals surface area contributed by atoms with Crippen molar-refractivity contribution in [2.45, 2.75) is 56.9 Å². The van der Waals surface area contributed by atoms with Gasteiger partial charge in [-0.2, -0.15) is 0 Å². The first kappa shape index (κ1) is 16.7. The summed E-state index contributed by atoms with van der Waals surface area (Å²) >= 11 is 0. The zero-order valence-electron chi connectivity index (χ0n) is 12.5. The number of aliphatic carboxylic acids is 1. The van der Waals surface area contributed by atoms with E-state index in [1.807, 2.05) is 0 Å². The molecule has 1 saturated carbocycles. The Morgan fingerprint density at radius 2 is 1.95 bits per heavy atom. The number of carboxylic acid groups (broad SMARTS) is 1. The molecule has 0 amide bonds. The van der Waals surface area contributed by atoms with Gasteiger partial charge in [-0.15, -0.1) is 0 Å². The standard InChI is InChI=1S/C14H27BN2O4/c16-12-5-1-2-6-13(12)17-8-10(4-3-7-15(20)21)11(9-17)14(18)19/h10-13,20-21H,1-9,16H2,(H,18,19)/t10-,11+,12?,13?/m0/s1. The zero-order chi connectivity index (χ0) is 15.4. The highest BCUT2D eigenvalue weighted by atomic mass is 16.4. The number of nitrogens with two attached hydrogens (primary N) is 1. The highest BCUT2D eigenvalue weighted by molar-refractivity contribution is 6.40. The predicted molar refractivity (Wildman–Crippen MR) is 80.7 cm³/mol. The van der Waals surface area contributed by atoms with Crippen LogP contribution in [-0.4, -0.2) is 58.3 Å². The molecule has 2 unspecified atom stereocenters. The Hall–Kier alpha value is -0.625. The van der Waals surface area contributed by atoms with E-state index in [9.17, 15) is 9.90 Å². The minimum Gasteiger partial charge on any atom is -0.481 e. The summed E-state index contributed by atoms with van der Waals surface area (Å²) in [5.74, 6) is -0.998. The molecule has 1 heterocycles. The zero-order valence-corrected chi connectivity index (χ0v) is 12.5. The maximum absolute atomic E-state index is 11.5. The second-order valence-corrected chi connectivity index (χ2v) is 6.59. The first-order valence-corrected chi connectivity index (χ1v) is 8.07. The molecule has 2 fully saturated rings. The molecule has 2 rings (SSSR count). The van der Waals surface area contributed by atoms with Crippen molar-refractivity contribution in [3.8, 4) is 0 Å². The van der Waals surface area contributed by atoms with Crippen LogP contribution in [0.2, 0.25) is 6.32 Å². The quantitative estimate of drug-likeness (QED) is 0.520. The van der Waals surface area contributed by atoms with Crippen LogP contribution in [0, 0.1) is 11.8 Å². The second-order valence-electron chi connectivity index (χ2n) is 6.59. The van der Waals surface area contributed by atoms with Crippen LogP contribution in [0.25, 0.3) is 0 Å². The smallest absolute Gasteiger partial charge is 0.451 e. The Labute approximate surface area is 126 Å². The minimum absolute atomic E-state index is 0.0929. The molecule has 120 valence electrons. The van der Waals surface area contributed by atoms with Crippen molar-refractivity contribution < 1.29 is 19.9 Å². The number of likely N-dealkylation sites (tertiary alicyclic amines) is 1. The molecular formula is C14H27BN2O4. The summed E-state index contributed by atoms with van der Waals surface area (Å²) in [5, 5.41) is 27.2. The summed E-state index contributed by atoms with van der Waals surface area (Å²) in [5.41, 5.74) is 6.21. The third-order valence-electron chi connectivity index (χ3n) is 5.07. The fraction of sp³-hybridized carbons (Fsp3) is 0.929. The molecule has 0 spiro atoms. The highest BCUT2D eigenvalue weighted by Gasteiger charge is 2.41. The number of carboxylic acids is 1. The summed E-state index contributed by atoms with van der Waals surface area (Å²) in [7, 11) is -1.29. The molecule has 2 aliphatic rings. The Morgan fingerprint density at radius 1 is 1.24 bits per heavy atom. The van der Waals surface area contributed by atoms with Gasteiger partial charge >= 0.3 is 13.1 Å². The molecule has 7 heteroatoms. The third kappa shape index (κ3) is 4.42. The van der Waals surface area contributed by atoms with Crippen LogP contribution in [0.15, 0.2) is 0 Å². The van der Waals surface area contributed by atoms with Gasteiger partial charge in [0, 0.05) is 25.2 Å². The molecule has 1 aliphatic carbocycles. The summed E-state index contributed by atoms with van der Waals surface area (Å²) in [4.78, 5) is 13.7. The van der Waals surface area contributed by atoms with Crippen LogP contribution in [0.1, 0.15) is 38.5 Å². The van der Waals surface area contributed by atoms with E-state index in [1.165, 1.54) is 12.8 Å². The van der Waals surface area contributed by atoms with Crippen molar-refractivity contribution in [3.63, 3.8) is 0 Å². The van der Waals surface area contributed by atoms with E-state index < -0.39 is 13.1 Å². The molecule has 6 nitrogen and oxygen atoms in total. The van der Waals surface area contributed by atoms with Crippen molar-refractivity contribution in [2.75, 3.05) is 13.1 Å². The Morgan fingerprint density at radius 3 is 2.57 bits per heavy atom. The van der Waals surface area contributed by atoms with Crippen molar-refractivity contribution in [2.24, 2.45) is 17.6 Å². The lowest BCUT2D eigenvalue weighted by Crippen LogP contribution is -2.49. The lowest BCUT2D eigenvalue weighted by atomic mass is 9.80. The van der Waals surface area contributed by atoms with Gasteiger partial charge < -0.3 is 20.9 Å². The first-order chi connectivity index (χ1) is 9.99. The highest BCUT2D eigenvalue weighted by Crippen LogP contribution is 2.33. The van der Waals surface area contributed by atoms with E-state index in [4.69, 9.17) is 15.8 Å². The molecule has 0 aromatic heterocycles. The van der Waals surface area contributed by atoms with Gasteiger partial charge in [-0.25, -0.2) is 0 Å². The van der Waals surface area contributed by atoms with Crippen LogP contribution >= 0.6 is 0 Å². The van der Waals surface area contributed by atoms with Crippen LogP contribution < -0.4 is 5.73 Å². The van der Waals surface area contributed by atoms with Gasteiger partial charge in [0.25, 0.3) is 0 Å². The number of hydrogen-bond donors (Lipinski definition) is 4. The normalized spacial score (nSPS) is 34.0. The fourth-order valence-electron chi connectivity index (χ4n) is 3.90. The van der Waals surface area contributed by atoms with Crippen molar-refractivity contribution in [1.82, 2.24) is 4.90 Å². The van der Waals surface area contributed by atoms with E-state index >= 15 is 0 Å². The third-order valence-corrected chi connectivity index (χ3v) is 5.07. The topological polar surface area (TPSA) is 107 Å². The molecule has 0 aromatic rings. The molecule has 21 heavy (non-hydrogen) atoms.